The van der Waals surface area contributed by atoms with Gasteiger partial charge in [0.2, 0.25) is 0 Å². The molecule has 6 aliphatic heterocycles. The van der Waals surface area contributed by atoms with Crippen LogP contribution in [0.1, 0.15) is 198 Å². The summed E-state index contributed by atoms with van der Waals surface area (Å²) in [5, 5.41) is 0. The van der Waals surface area contributed by atoms with Crippen LogP contribution in [0.3, 0.4) is 0 Å². The van der Waals surface area contributed by atoms with Gasteiger partial charge in [0, 0.05) is 132 Å². The largest absolute Gasteiger partial charge is 0.493 e. The van der Waals surface area contributed by atoms with E-state index < -0.39 is 263 Å². The highest BCUT2D eigenvalue weighted by molar-refractivity contribution is 5.84. The number of piperidine rings is 3. The summed E-state index contributed by atoms with van der Waals surface area (Å²) in [5.74, 6) is -20.2. The molecular weight excluding hydrogens is 883 g/mol. The van der Waals surface area contributed by atoms with Crippen molar-refractivity contribution in [2.24, 2.45) is 35.4 Å². The first-order valence-electron chi connectivity index (χ1n) is 43.7. The fourth-order valence-electron chi connectivity index (χ4n) is 7.76. The van der Waals surface area contributed by atoms with Gasteiger partial charge in [0.15, 0.2) is 34.5 Å². The van der Waals surface area contributed by atoms with Crippen molar-refractivity contribution in [2.45, 2.75) is 123 Å². The van der Waals surface area contributed by atoms with E-state index in [9.17, 15) is 15.8 Å². The lowest BCUT2D eigenvalue weighted by Crippen LogP contribution is -2.46. The van der Waals surface area contributed by atoms with Crippen LogP contribution in [-0.2, 0) is 33.5 Å². The molecule has 3 aromatic carbocycles. The lowest BCUT2D eigenvalue weighted by Gasteiger charge is -2.43. The molecule has 7 atom stereocenters. The van der Waals surface area contributed by atoms with Crippen LogP contribution in [0.5, 0.6) is 34.5 Å². The maximum absolute atomic E-state index is 14.0. The molecule has 3 fully saturated rings. The second-order valence-electron chi connectivity index (χ2n) is 16.7. The number of ether oxygens (including phenoxy) is 6. The van der Waals surface area contributed by atoms with Gasteiger partial charge in [-0.1, -0.05) is 47.8 Å². The van der Waals surface area contributed by atoms with Gasteiger partial charge in [-0.2, -0.15) is 0 Å². The van der Waals surface area contributed by atoms with Gasteiger partial charge in [0.25, 0.3) is 0 Å². The van der Waals surface area contributed by atoms with Crippen molar-refractivity contribution in [1.29, 1.82) is 0 Å². The first-order valence-corrected chi connectivity index (χ1v) is 21.7. The van der Waals surface area contributed by atoms with Crippen LogP contribution in [0, 0.1) is 35.4 Å². The summed E-state index contributed by atoms with van der Waals surface area (Å²) in [6.45, 7) is -12.1. The Balaban J connectivity index is 0.000000240. The number of methoxy groups -OCH3 is 6. The van der Waals surface area contributed by atoms with Crippen molar-refractivity contribution in [2.75, 3.05) is 81.5 Å². The number of carbonyl (C=O) groups is 3. The second kappa shape index (κ2) is 23.7. The predicted octanol–water partition coefficient (Wildman–Crippen LogP) is 10.1. The third kappa shape index (κ3) is 11.8. The van der Waals surface area contributed by atoms with E-state index in [0.717, 1.165) is 33.5 Å². The SMILES string of the molecule is [2H]C([2H])([2H])Oc1cc2c(cc1OC)C1([2H])N(CC([2H])(CC(C)C)C(=O)C1([2H])[2H])C([2H])([2H])C2([2H])[2H].[2H]c1c(OC([2H])([2H])[2H])c(OC)c([2H])c2c1C([2H])([2H])C([2H])([2H])N1CC([2H])(C([2H])([2H])C([2H])(C([2H])([2H])[2H])C([2H])([2H])C)C(=O)C([2H])([2H])C21[2H].[2H]c1c(OC)c(OC([2H])([2H])[2H])c([2H])c2c1C1([2H])CC(=O)C(CC(C)C)C([2H])([2H])N1C([2H])([2H])C2([2H])[2H]. The summed E-state index contributed by atoms with van der Waals surface area (Å²) in [7, 11) is -6.36. The van der Waals surface area contributed by atoms with E-state index in [-0.39, 0.29) is 35.3 Å². The maximum Gasteiger partial charge on any atom is 0.161 e. The van der Waals surface area contributed by atoms with E-state index >= 15 is 0 Å². The van der Waals surface area contributed by atoms with Crippen molar-refractivity contribution in [3.05, 3.63) is 69.7 Å². The zero-order valence-electron chi connectivity index (χ0n) is 83.4. The number of carbonyl (C=O) groups excluding carboxylic acids is 3. The molecule has 3 aromatic rings. The third-order valence-corrected chi connectivity index (χ3v) is 11.0. The molecule has 7 unspecified atom stereocenters. The minimum Gasteiger partial charge on any atom is -0.493 e. The molecule has 384 valence electrons. The molecule has 0 amide bonds. The van der Waals surface area contributed by atoms with Crippen molar-refractivity contribution < 1.29 is 103 Å². The summed E-state index contributed by atoms with van der Waals surface area (Å²) in [5.41, 5.74) is -4.97. The molecule has 0 bridgehead atoms. The van der Waals surface area contributed by atoms with E-state index in [2.05, 4.69) is 0 Å². The third-order valence-electron chi connectivity index (χ3n) is 11.0. The van der Waals surface area contributed by atoms with E-state index in [1.54, 1.807) is 27.7 Å². The Kier molecular flexibility index (Phi) is 6.89. The maximum atomic E-state index is 14.0. The molecule has 12 heteroatoms. The molecule has 0 saturated carbocycles. The number of benzene rings is 3. The van der Waals surface area contributed by atoms with Crippen LogP contribution in [0.15, 0.2) is 36.3 Å². The van der Waals surface area contributed by atoms with Crippen LogP contribution in [0.25, 0.3) is 0 Å². The van der Waals surface area contributed by atoms with Crippen LogP contribution >= 0.6 is 0 Å². The summed E-state index contributed by atoms with van der Waals surface area (Å²) in [4.78, 5) is 41.2. The Hall–Kier alpha value is -4.65. The van der Waals surface area contributed by atoms with Gasteiger partial charge in [-0.15, -0.1) is 0 Å². The average molecular weight is 1010 g/mol. The molecule has 12 nitrogen and oxygen atoms in total. The molecule has 0 radical (unpaired) electrons. The Morgan fingerprint density at radius 1 is 0.643 bits per heavy atom. The zero-order chi connectivity index (χ0) is 89.1. The molecule has 9 rings (SSSR count). The second-order valence-corrected chi connectivity index (χ2v) is 16.7. The van der Waals surface area contributed by atoms with E-state index in [4.69, 9.17) is 87.4 Å². The van der Waals surface area contributed by atoms with Crippen molar-refractivity contribution >= 4 is 17.3 Å². The monoisotopic (exact) mass is 1010 g/mol. The Bertz CT molecular complexity index is 4310. The normalized spacial score (nSPS) is 47.1. The summed E-state index contributed by atoms with van der Waals surface area (Å²) in [6.07, 6.45) is -25.4. The van der Waals surface area contributed by atoms with E-state index in [0.29, 0.717) is 16.7 Å². The Morgan fingerprint density at radius 3 is 1.70 bits per heavy atom. The first kappa shape index (κ1) is 20.3. The molecule has 0 N–H and O–H groups in total. The van der Waals surface area contributed by atoms with Crippen LogP contribution < -0.4 is 28.4 Å². The van der Waals surface area contributed by atoms with Crippen LogP contribution in [0.4, 0.5) is 0 Å². The van der Waals surface area contributed by atoms with Gasteiger partial charge < -0.3 is 28.4 Å². The number of aryl methyl sites for hydroxylation is 1. The highest BCUT2D eigenvalue weighted by atomic mass is 16.5. The fraction of sp³-hybridized carbons (Fsp3) is 0.638. The van der Waals surface area contributed by atoms with Gasteiger partial charge in [0.05, 0.1) is 64.4 Å². The van der Waals surface area contributed by atoms with Gasteiger partial charge in [0.1, 0.15) is 17.3 Å². The van der Waals surface area contributed by atoms with E-state index in [1.165, 1.54) is 0 Å². The number of rotatable bonds is 13. The molecule has 0 aromatic heterocycles. The standard InChI is InChI=1S/C20H29NO3.2C19H27NO3/c1-5-13(2)8-15-12-21-7-6-14-9-19(23-3)20(24-4)10-16(14)17(21)11-18(15)22;2*1-12(2)7-14-11-20-6-5-13-8-18(22-3)19(23-4)9-15(13)16(20)10-17(14)21/h9-10,13,15,17H,5-8,11-12H2,1-4H3;2*8-9,12,14,16H,5-7,10-11H2,1-4H3/i2D3,3D3,5D2,6D2,7D2,8D2,9D,10D,11D2,13D,15D,17D;3D3,5D2,6D2,8D,9D,11D2,16D;3D3,5D2,6D2,10D2,14D,16D. The number of fused-ring (bicyclic) bond motifs is 9. The lowest BCUT2D eigenvalue weighted by molar-refractivity contribution is -0.130. The number of hydrogen-bond acceptors (Lipinski definition) is 12. The summed E-state index contributed by atoms with van der Waals surface area (Å²) in [6, 6.07) is -11.4. The van der Waals surface area contributed by atoms with Crippen molar-refractivity contribution in [3.63, 3.8) is 0 Å². The number of nitrogens with zero attached hydrogens (tertiary/aromatic N) is 3. The summed E-state index contributed by atoms with van der Waals surface area (Å²) < 4.78 is 397. The zero-order valence-corrected chi connectivity index (χ0v) is 39.4. The first-order chi connectivity index (χ1) is 50.4. The molecule has 6 heterocycles. The number of Topliss-reactive ketones (excluding diaryl/α,β-unsaturated/α-hetero) is 3. The highest BCUT2D eigenvalue weighted by Crippen LogP contribution is 2.46. The van der Waals surface area contributed by atoms with Gasteiger partial charge in [-0.3, -0.25) is 29.1 Å². The quantitative estimate of drug-likeness (QED) is 0.162. The average Bonchev–Trinajstić information content (AvgIpc) is 0.655. The molecule has 70 heavy (non-hydrogen) atoms. The van der Waals surface area contributed by atoms with Gasteiger partial charge in [-0.25, -0.2) is 0 Å². The molecular formula is C58H83N3O9. The van der Waals surface area contributed by atoms with Gasteiger partial charge >= 0.3 is 0 Å². The molecule has 3 saturated heterocycles. The highest BCUT2D eigenvalue weighted by Gasteiger charge is 2.41. The minimum absolute atomic E-state index is 0.0243. The molecule has 6 aliphatic rings. The molecule has 0 spiro atoms. The Morgan fingerprint density at radius 2 is 1.14 bits per heavy atom. The van der Waals surface area contributed by atoms with Crippen molar-refractivity contribution in [3.8, 4) is 34.5 Å². The number of ketones is 3. The van der Waals surface area contributed by atoms with E-state index in [1.807, 2.05) is 0 Å². The topological polar surface area (TPSA) is 116 Å². The summed E-state index contributed by atoms with van der Waals surface area (Å²) >= 11 is 0. The Labute approximate surface area is 480 Å². The minimum atomic E-state index is -4.21. The van der Waals surface area contributed by atoms with Gasteiger partial charge in [-0.05, 0) is 126 Å². The van der Waals surface area contributed by atoms with Crippen LogP contribution in [0.2, 0.25) is 0 Å². The molecule has 0 aliphatic carbocycles. The fourth-order valence-corrected chi connectivity index (χ4v) is 7.76. The van der Waals surface area contributed by atoms with Crippen molar-refractivity contribution in [1.82, 2.24) is 14.7 Å². The number of hydrogen-bond donors (Lipinski definition) is 0. The predicted molar refractivity (Wildman–Crippen MR) is 275 cm³/mol. The van der Waals surface area contributed by atoms with Crippen LogP contribution in [-0.4, -0.2) is 114 Å². The lowest BCUT2D eigenvalue weighted by atomic mass is 9.79. The smallest absolute Gasteiger partial charge is 0.161 e.